The number of hydrogen-bond donors (Lipinski definition) is 2. The Hall–Kier alpha value is -0.730. The number of methoxy groups -OCH3 is 1. The molecule has 1 aliphatic rings. The first-order valence-corrected chi connectivity index (χ1v) is 10.0. The summed E-state index contributed by atoms with van der Waals surface area (Å²) in [7, 11) is -1.57. The first kappa shape index (κ1) is 19.6. The minimum atomic E-state index is -3.09. The lowest BCUT2D eigenvalue weighted by Crippen LogP contribution is -2.56. The number of sulfone groups is 1. The quantitative estimate of drug-likeness (QED) is 0.567. The fraction of sp³-hybridized carbons (Fsp3) is 0.500. The molecule has 1 fully saturated rings. The third-order valence-corrected chi connectivity index (χ3v) is 6.01. The van der Waals surface area contributed by atoms with Crippen LogP contribution in [0.5, 0.6) is 5.75 Å². The fourth-order valence-corrected chi connectivity index (χ4v) is 4.38. The van der Waals surface area contributed by atoms with E-state index in [9.17, 15) is 13.2 Å². The molecule has 1 aromatic carbocycles. The maximum Gasteiger partial charge on any atom is 0.252 e. The second-order valence-electron chi connectivity index (χ2n) is 5.44. The molecule has 2 unspecified atom stereocenters. The Morgan fingerprint density at radius 2 is 1.92 bits per heavy atom. The molecule has 6 nitrogen and oxygen atoms in total. The van der Waals surface area contributed by atoms with E-state index in [0.29, 0.717) is 17.7 Å². The van der Waals surface area contributed by atoms with E-state index in [1.165, 1.54) is 7.11 Å². The highest BCUT2D eigenvalue weighted by Crippen LogP contribution is 2.30. The monoisotopic (exact) mass is 414 g/mol. The van der Waals surface area contributed by atoms with Crippen molar-refractivity contribution >= 4 is 50.5 Å². The molecule has 1 aromatic rings. The van der Waals surface area contributed by atoms with E-state index in [1.807, 2.05) is 0 Å². The van der Waals surface area contributed by atoms with Crippen LogP contribution in [0.1, 0.15) is 16.8 Å². The molecule has 134 valence electrons. The molecule has 0 radical (unpaired) electrons. The van der Waals surface area contributed by atoms with Crippen LogP contribution < -0.4 is 15.4 Å². The number of halogens is 3. The van der Waals surface area contributed by atoms with Crippen molar-refractivity contribution in [2.45, 2.75) is 22.4 Å². The van der Waals surface area contributed by atoms with Gasteiger partial charge in [0, 0.05) is 11.6 Å². The number of rotatable bonds is 5. The Morgan fingerprint density at radius 1 is 1.29 bits per heavy atom. The summed E-state index contributed by atoms with van der Waals surface area (Å²) >= 11 is 17.7. The molecule has 2 atom stereocenters. The van der Waals surface area contributed by atoms with E-state index in [1.54, 1.807) is 24.3 Å². The van der Waals surface area contributed by atoms with Gasteiger partial charge in [0.05, 0.1) is 18.6 Å². The number of nitrogens with one attached hydrogen (secondary N) is 2. The van der Waals surface area contributed by atoms with Crippen molar-refractivity contribution in [2.24, 2.45) is 0 Å². The minimum Gasteiger partial charge on any atom is -0.497 e. The lowest BCUT2D eigenvalue weighted by atomic mass is 10.2. The maximum absolute atomic E-state index is 12.3. The summed E-state index contributed by atoms with van der Waals surface area (Å²) in [5.41, 5.74) is 0.357. The number of ether oxygens (including phenoxy) is 1. The predicted octanol–water partition coefficient (Wildman–Crippen LogP) is 1.90. The lowest BCUT2D eigenvalue weighted by molar-refractivity contribution is 0.0927. The first-order chi connectivity index (χ1) is 11.1. The summed E-state index contributed by atoms with van der Waals surface area (Å²) < 4.78 is 26.3. The zero-order valence-electron chi connectivity index (χ0n) is 12.8. The first-order valence-electron chi connectivity index (χ1n) is 7.09. The largest absolute Gasteiger partial charge is 0.497 e. The van der Waals surface area contributed by atoms with Crippen molar-refractivity contribution in [3.8, 4) is 5.75 Å². The molecular weight excluding hydrogens is 399 g/mol. The van der Waals surface area contributed by atoms with E-state index >= 15 is 0 Å². The van der Waals surface area contributed by atoms with E-state index in [-0.39, 0.29) is 17.5 Å². The Balaban J connectivity index is 2.06. The fourth-order valence-electron chi connectivity index (χ4n) is 2.34. The van der Waals surface area contributed by atoms with Gasteiger partial charge in [0.25, 0.3) is 5.91 Å². The van der Waals surface area contributed by atoms with Crippen LogP contribution in [0.2, 0.25) is 0 Å². The van der Waals surface area contributed by atoms with Crippen LogP contribution in [0.15, 0.2) is 24.3 Å². The predicted molar refractivity (Wildman–Crippen MR) is 94.7 cm³/mol. The summed E-state index contributed by atoms with van der Waals surface area (Å²) in [6.45, 7) is 0. The molecule has 2 N–H and O–H groups in total. The van der Waals surface area contributed by atoms with Crippen molar-refractivity contribution < 1.29 is 17.9 Å². The summed E-state index contributed by atoms with van der Waals surface area (Å²) in [5, 5.41) is 5.49. The summed E-state index contributed by atoms with van der Waals surface area (Å²) in [5.74, 6) is 0.174. The van der Waals surface area contributed by atoms with Gasteiger partial charge in [0.1, 0.15) is 11.9 Å². The molecular formula is C14H17Cl3N2O4S. The Kier molecular flexibility index (Phi) is 6.25. The molecule has 1 amide bonds. The van der Waals surface area contributed by atoms with Gasteiger partial charge in [-0.3, -0.25) is 10.1 Å². The van der Waals surface area contributed by atoms with Crippen LogP contribution in [0.25, 0.3) is 0 Å². The second kappa shape index (κ2) is 7.66. The number of carbonyl (C=O) groups is 1. The standard InChI is InChI=1S/C14H17Cl3N2O4S/c1-23-11-4-2-9(3-5-11)12(20)19-13(14(15,16)17)18-10-6-7-24(21,22)8-10/h2-5,10,13,18H,6-8H2,1H3,(H,19,20). The molecule has 0 aliphatic carbocycles. The van der Waals surface area contributed by atoms with Crippen molar-refractivity contribution in [1.82, 2.24) is 10.6 Å². The summed E-state index contributed by atoms with van der Waals surface area (Å²) in [4.78, 5) is 12.3. The molecule has 0 bridgehead atoms. The lowest BCUT2D eigenvalue weighted by Gasteiger charge is -2.29. The third-order valence-electron chi connectivity index (χ3n) is 3.59. The number of hydrogen-bond acceptors (Lipinski definition) is 5. The van der Waals surface area contributed by atoms with Gasteiger partial charge in [0.15, 0.2) is 9.84 Å². The highest BCUT2D eigenvalue weighted by Gasteiger charge is 2.38. The average molecular weight is 416 g/mol. The van der Waals surface area contributed by atoms with Gasteiger partial charge in [-0.1, -0.05) is 34.8 Å². The number of carbonyl (C=O) groups excluding carboxylic acids is 1. The van der Waals surface area contributed by atoms with E-state index < -0.39 is 25.7 Å². The van der Waals surface area contributed by atoms with Crippen molar-refractivity contribution in [1.29, 1.82) is 0 Å². The topological polar surface area (TPSA) is 84.5 Å². The number of alkyl halides is 3. The van der Waals surface area contributed by atoms with Crippen LogP contribution in [0.4, 0.5) is 0 Å². The molecule has 24 heavy (non-hydrogen) atoms. The smallest absolute Gasteiger partial charge is 0.252 e. The van der Waals surface area contributed by atoms with Crippen LogP contribution in [-0.4, -0.2) is 48.9 Å². The highest BCUT2D eigenvalue weighted by molar-refractivity contribution is 7.91. The van der Waals surface area contributed by atoms with Gasteiger partial charge in [-0.15, -0.1) is 0 Å². The van der Waals surface area contributed by atoms with Crippen LogP contribution >= 0.6 is 34.8 Å². The summed E-state index contributed by atoms with van der Waals surface area (Å²) in [6, 6.07) is 6.03. The molecule has 0 spiro atoms. The van der Waals surface area contributed by atoms with Crippen LogP contribution in [-0.2, 0) is 9.84 Å². The van der Waals surface area contributed by atoms with E-state index in [0.717, 1.165) is 0 Å². The Morgan fingerprint density at radius 3 is 2.38 bits per heavy atom. The van der Waals surface area contributed by atoms with Gasteiger partial charge in [-0.05, 0) is 30.7 Å². The minimum absolute atomic E-state index is 0.0529. The molecule has 0 saturated carbocycles. The van der Waals surface area contributed by atoms with E-state index in [4.69, 9.17) is 39.5 Å². The van der Waals surface area contributed by atoms with Crippen LogP contribution in [0, 0.1) is 0 Å². The normalized spacial score (nSPS) is 21.2. The zero-order valence-corrected chi connectivity index (χ0v) is 15.8. The Labute approximate surface area is 155 Å². The molecule has 1 saturated heterocycles. The zero-order chi connectivity index (χ0) is 18.0. The Bertz CT molecular complexity index is 689. The third kappa shape index (κ3) is 5.39. The van der Waals surface area contributed by atoms with Crippen molar-refractivity contribution in [3.05, 3.63) is 29.8 Å². The average Bonchev–Trinajstić information content (AvgIpc) is 2.84. The van der Waals surface area contributed by atoms with Gasteiger partial charge < -0.3 is 10.1 Å². The summed E-state index contributed by atoms with van der Waals surface area (Å²) in [6.07, 6.45) is -0.631. The van der Waals surface area contributed by atoms with Gasteiger partial charge >= 0.3 is 0 Å². The van der Waals surface area contributed by atoms with Gasteiger partial charge in [-0.25, -0.2) is 8.42 Å². The van der Waals surface area contributed by atoms with Crippen LogP contribution in [0.3, 0.4) is 0 Å². The van der Waals surface area contributed by atoms with Crippen molar-refractivity contribution in [2.75, 3.05) is 18.6 Å². The van der Waals surface area contributed by atoms with Gasteiger partial charge in [-0.2, -0.15) is 0 Å². The number of amides is 1. The molecule has 1 aliphatic heterocycles. The number of benzene rings is 1. The maximum atomic E-state index is 12.3. The molecule has 0 aromatic heterocycles. The van der Waals surface area contributed by atoms with E-state index in [2.05, 4.69) is 10.6 Å². The second-order valence-corrected chi connectivity index (χ2v) is 10.0. The van der Waals surface area contributed by atoms with Gasteiger partial charge in [0.2, 0.25) is 3.79 Å². The molecule has 2 rings (SSSR count). The highest BCUT2D eigenvalue weighted by atomic mass is 35.6. The molecule has 1 heterocycles. The molecule has 10 heteroatoms. The van der Waals surface area contributed by atoms with Crippen molar-refractivity contribution in [3.63, 3.8) is 0 Å². The SMILES string of the molecule is COc1ccc(C(=O)NC(NC2CCS(=O)(=O)C2)C(Cl)(Cl)Cl)cc1.